The number of hydrogen-bond acceptors (Lipinski definition) is 3. The van der Waals surface area contributed by atoms with Crippen LogP contribution >= 0.6 is 0 Å². The second kappa shape index (κ2) is 10.7. The summed E-state index contributed by atoms with van der Waals surface area (Å²) in [5.41, 5.74) is 0. The van der Waals surface area contributed by atoms with Crippen molar-refractivity contribution in [1.82, 2.24) is 5.32 Å². The van der Waals surface area contributed by atoms with Gasteiger partial charge in [0.2, 0.25) is 0 Å². The Morgan fingerprint density at radius 1 is 1.31 bits per heavy atom. The number of carboxylic acid groups (broad SMARTS) is 1. The average Bonchev–Trinajstić information content (AvgIpc) is 2.06. The number of aliphatic carboxylic acids is 1. The third kappa shape index (κ3) is 18.1. The molecule has 13 heavy (non-hydrogen) atoms. The van der Waals surface area contributed by atoms with Crippen molar-refractivity contribution in [2.75, 3.05) is 13.2 Å². The number of ether oxygens (including phenoxy) is 1. The molecule has 0 saturated carbocycles. The molecule has 0 aliphatic carbocycles. The van der Waals surface area contributed by atoms with Crippen molar-refractivity contribution in [2.45, 2.75) is 27.2 Å². The summed E-state index contributed by atoms with van der Waals surface area (Å²) in [6.45, 7) is 6.28. The minimum absolute atomic E-state index is 0.222. The first-order valence-corrected chi connectivity index (χ1v) is 4.20. The van der Waals surface area contributed by atoms with E-state index < -0.39 is 5.97 Å². The van der Waals surface area contributed by atoms with Gasteiger partial charge in [-0.15, -0.1) is 0 Å². The summed E-state index contributed by atoms with van der Waals surface area (Å²) >= 11 is 0. The maximum atomic E-state index is 10.3. The van der Waals surface area contributed by atoms with Crippen LogP contribution in [0.1, 0.15) is 27.2 Å². The molecule has 0 aliphatic heterocycles. The Labute approximate surface area is 78.1 Å². The van der Waals surface area contributed by atoms with Crippen LogP contribution in [0.2, 0.25) is 0 Å². The molecule has 5 heteroatoms. The number of nitrogens with one attached hydrogen (secondary N) is 1. The van der Waals surface area contributed by atoms with Gasteiger partial charge in [0.25, 0.3) is 0 Å². The summed E-state index contributed by atoms with van der Waals surface area (Å²) in [4.78, 5) is 19.7. The molecule has 0 atom stereocenters. The lowest BCUT2D eigenvalue weighted by molar-refractivity contribution is -0.136. The van der Waals surface area contributed by atoms with Gasteiger partial charge in [0, 0.05) is 13.0 Å². The fourth-order valence-electron chi connectivity index (χ4n) is 0.326. The Hall–Kier alpha value is -1.26. The van der Waals surface area contributed by atoms with Crippen molar-refractivity contribution in [3.63, 3.8) is 0 Å². The molecule has 0 spiro atoms. The highest BCUT2D eigenvalue weighted by atomic mass is 16.5. The van der Waals surface area contributed by atoms with Crippen LogP contribution in [0.15, 0.2) is 0 Å². The molecule has 1 amide bonds. The Morgan fingerprint density at radius 3 is 2.00 bits per heavy atom. The molecule has 0 fully saturated rings. The molecule has 0 aliphatic rings. The SMILES string of the molecule is CCC(=O)O.CCNC(=O)OCC. The molecule has 0 saturated heterocycles. The van der Waals surface area contributed by atoms with E-state index in [1.165, 1.54) is 0 Å². The predicted octanol–water partition coefficient (Wildman–Crippen LogP) is 1.23. The average molecular weight is 191 g/mol. The van der Waals surface area contributed by atoms with E-state index in [0.29, 0.717) is 13.2 Å². The molecule has 0 radical (unpaired) electrons. The van der Waals surface area contributed by atoms with Crippen molar-refractivity contribution in [3.8, 4) is 0 Å². The van der Waals surface area contributed by atoms with Gasteiger partial charge in [0.15, 0.2) is 0 Å². The van der Waals surface area contributed by atoms with Gasteiger partial charge in [-0.05, 0) is 13.8 Å². The molecule has 78 valence electrons. The van der Waals surface area contributed by atoms with E-state index >= 15 is 0 Å². The first-order chi connectivity index (χ1) is 6.08. The van der Waals surface area contributed by atoms with Gasteiger partial charge in [-0.1, -0.05) is 6.92 Å². The maximum Gasteiger partial charge on any atom is 0.407 e. The van der Waals surface area contributed by atoms with Crippen LogP contribution in [-0.2, 0) is 9.53 Å². The summed E-state index contributed by atoms with van der Waals surface area (Å²) < 4.78 is 4.53. The summed E-state index contributed by atoms with van der Waals surface area (Å²) in [6.07, 6.45) is -0.116. The summed E-state index contributed by atoms with van der Waals surface area (Å²) in [7, 11) is 0. The van der Waals surface area contributed by atoms with Crippen LogP contribution in [0.25, 0.3) is 0 Å². The van der Waals surface area contributed by atoms with Crippen LogP contribution in [0.4, 0.5) is 4.79 Å². The number of hydrogen-bond donors (Lipinski definition) is 2. The highest BCUT2D eigenvalue weighted by Gasteiger charge is 1.92. The third-order valence-electron chi connectivity index (χ3n) is 0.899. The zero-order valence-electron chi connectivity index (χ0n) is 8.29. The monoisotopic (exact) mass is 191 g/mol. The van der Waals surface area contributed by atoms with E-state index in [9.17, 15) is 9.59 Å². The first kappa shape index (κ1) is 14.3. The van der Waals surface area contributed by atoms with Crippen LogP contribution in [0.3, 0.4) is 0 Å². The van der Waals surface area contributed by atoms with Gasteiger partial charge in [0.05, 0.1) is 6.61 Å². The summed E-state index contributed by atoms with van der Waals surface area (Å²) in [6, 6.07) is 0. The van der Waals surface area contributed by atoms with Gasteiger partial charge in [-0.3, -0.25) is 4.79 Å². The molecule has 0 aromatic heterocycles. The zero-order valence-corrected chi connectivity index (χ0v) is 8.29. The second-order valence-electron chi connectivity index (χ2n) is 2.00. The van der Waals surface area contributed by atoms with E-state index in [-0.39, 0.29) is 12.5 Å². The Balaban J connectivity index is 0. The van der Waals surface area contributed by atoms with E-state index in [2.05, 4.69) is 10.1 Å². The van der Waals surface area contributed by atoms with Crippen LogP contribution in [0, 0.1) is 0 Å². The Morgan fingerprint density at radius 2 is 1.77 bits per heavy atom. The standard InChI is InChI=1S/C5H11NO2.C3H6O2/c1-3-6-5(7)8-4-2;1-2-3(4)5/h3-4H2,1-2H3,(H,6,7);2H2,1H3,(H,4,5). The minimum atomic E-state index is -0.745. The molecule has 0 aromatic carbocycles. The van der Waals surface area contributed by atoms with Gasteiger partial charge in [-0.25, -0.2) is 4.79 Å². The fourth-order valence-corrected chi connectivity index (χ4v) is 0.326. The first-order valence-electron chi connectivity index (χ1n) is 4.20. The predicted molar refractivity (Wildman–Crippen MR) is 48.6 cm³/mol. The van der Waals surface area contributed by atoms with Gasteiger partial charge < -0.3 is 15.2 Å². The van der Waals surface area contributed by atoms with Crippen molar-refractivity contribution in [3.05, 3.63) is 0 Å². The molecule has 0 heterocycles. The van der Waals surface area contributed by atoms with Crippen molar-refractivity contribution in [1.29, 1.82) is 0 Å². The van der Waals surface area contributed by atoms with E-state index in [1.807, 2.05) is 6.92 Å². The molecule has 0 rings (SSSR count). The topological polar surface area (TPSA) is 75.6 Å². The van der Waals surface area contributed by atoms with Crippen LogP contribution < -0.4 is 5.32 Å². The number of carbonyl (C=O) groups excluding carboxylic acids is 1. The fraction of sp³-hybridized carbons (Fsp3) is 0.750. The molecular formula is C8H17NO4. The quantitative estimate of drug-likeness (QED) is 0.703. The number of carboxylic acids is 1. The summed E-state index contributed by atoms with van der Waals surface area (Å²) in [5, 5.41) is 10.2. The lowest BCUT2D eigenvalue weighted by Crippen LogP contribution is -2.23. The highest BCUT2D eigenvalue weighted by molar-refractivity contribution is 5.66. The second-order valence-corrected chi connectivity index (χ2v) is 2.00. The highest BCUT2D eigenvalue weighted by Crippen LogP contribution is 1.72. The largest absolute Gasteiger partial charge is 0.481 e. The Kier molecular flexibility index (Phi) is 11.8. The van der Waals surface area contributed by atoms with Crippen molar-refractivity contribution < 1.29 is 19.4 Å². The lowest BCUT2D eigenvalue weighted by Gasteiger charge is -1.99. The van der Waals surface area contributed by atoms with Crippen molar-refractivity contribution in [2.24, 2.45) is 0 Å². The smallest absolute Gasteiger partial charge is 0.407 e. The van der Waals surface area contributed by atoms with E-state index in [0.717, 1.165) is 0 Å². The van der Waals surface area contributed by atoms with Crippen LogP contribution in [0.5, 0.6) is 0 Å². The van der Waals surface area contributed by atoms with Gasteiger partial charge in [-0.2, -0.15) is 0 Å². The molecule has 0 aromatic rings. The summed E-state index contributed by atoms with van der Waals surface area (Å²) in [5.74, 6) is -0.745. The van der Waals surface area contributed by atoms with Crippen LogP contribution in [-0.4, -0.2) is 30.3 Å². The molecule has 0 bridgehead atoms. The van der Waals surface area contributed by atoms with E-state index in [4.69, 9.17) is 5.11 Å². The van der Waals surface area contributed by atoms with Gasteiger partial charge >= 0.3 is 12.1 Å². The normalized spacial score (nSPS) is 7.92. The number of alkyl carbamates (subject to hydrolysis) is 1. The van der Waals surface area contributed by atoms with Gasteiger partial charge in [0.1, 0.15) is 0 Å². The number of carbonyl (C=O) groups is 2. The molecule has 2 N–H and O–H groups in total. The lowest BCUT2D eigenvalue weighted by atomic mass is 10.5. The molecule has 0 unspecified atom stereocenters. The number of amides is 1. The van der Waals surface area contributed by atoms with E-state index in [1.54, 1.807) is 13.8 Å². The third-order valence-corrected chi connectivity index (χ3v) is 0.899. The Bertz CT molecular complexity index is 139. The van der Waals surface area contributed by atoms with Crippen molar-refractivity contribution >= 4 is 12.1 Å². The number of rotatable bonds is 3. The minimum Gasteiger partial charge on any atom is -0.481 e. The molecular weight excluding hydrogens is 174 g/mol. The maximum absolute atomic E-state index is 10.3. The molecule has 5 nitrogen and oxygen atoms in total. The zero-order chi connectivity index (χ0) is 10.7.